The highest BCUT2D eigenvalue weighted by Crippen LogP contribution is 1.93. The third-order valence-corrected chi connectivity index (χ3v) is 2.82. The Hall–Kier alpha value is -1.04. The van der Waals surface area contributed by atoms with E-state index in [1.165, 1.54) is 0 Å². The third-order valence-electron chi connectivity index (χ3n) is 1.73. The molecule has 0 fully saturated rings. The van der Waals surface area contributed by atoms with Gasteiger partial charge >= 0.3 is 9.28 Å². The molecule has 0 aliphatic rings. The van der Waals surface area contributed by atoms with Gasteiger partial charge in [-0.2, -0.15) is 0 Å². The number of rotatable bonds is 7. The summed E-state index contributed by atoms with van der Waals surface area (Å²) in [7, 11) is -1.89. The summed E-state index contributed by atoms with van der Waals surface area (Å²) in [5, 5.41) is 0. The Morgan fingerprint density at radius 2 is 1.47 bits per heavy atom. The van der Waals surface area contributed by atoms with Crippen LogP contribution in [0.5, 0.6) is 0 Å². The first-order valence-electron chi connectivity index (χ1n) is 4.85. The lowest BCUT2D eigenvalue weighted by molar-refractivity contribution is 0.121. The molecular weight excluding hydrogens is 208 g/mol. The second-order valence-corrected chi connectivity index (χ2v) is 4.67. The minimum atomic E-state index is -1.89. The van der Waals surface area contributed by atoms with Crippen LogP contribution in [0.15, 0.2) is 35.8 Å². The molecule has 0 aromatic heterocycles. The summed E-state index contributed by atoms with van der Waals surface area (Å²) in [4.78, 5) is 0. The maximum Gasteiger partial charge on any atom is 0.399 e. The predicted octanol–water partition coefficient (Wildman–Crippen LogP) is 1.82. The Labute approximate surface area is 93.4 Å². The highest BCUT2D eigenvalue weighted by Gasteiger charge is 2.09. The van der Waals surface area contributed by atoms with Crippen LogP contribution in [0.3, 0.4) is 0 Å². The van der Waals surface area contributed by atoms with Crippen LogP contribution in [0.1, 0.15) is 27.7 Å². The topological polar surface area (TPSA) is 42.5 Å². The average Bonchev–Trinajstić information content (AvgIpc) is 2.28. The summed E-state index contributed by atoms with van der Waals surface area (Å²) in [6, 6.07) is 0. The Balaban J connectivity index is 3.88. The maximum absolute atomic E-state index is 5.33. The van der Waals surface area contributed by atoms with Gasteiger partial charge in [0, 0.05) is 11.4 Å². The predicted molar refractivity (Wildman–Crippen MR) is 64.6 cm³/mol. The van der Waals surface area contributed by atoms with Crippen molar-refractivity contribution in [2.24, 2.45) is 0 Å². The molecule has 0 aliphatic carbocycles. The smallest absolute Gasteiger partial charge is 0.285 e. The van der Waals surface area contributed by atoms with Crippen LogP contribution >= 0.6 is 0 Å². The van der Waals surface area contributed by atoms with E-state index in [1.54, 1.807) is 5.70 Å². The molecule has 2 N–H and O–H groups in total. The van der Waals surface area contributed by atoms with Crippen LogP contribution in [-0.4, -0.2) is 9.28 Å². The first-order chi connectivity index (χ1) is 7.13. The molecule has 0 aromatic carbocycles. The number of hydrogen-bond acceptors (Lipinski definition) is 4. The van der Waals surface area contributed by atoms with E-state index in [0.717, 1.165) is 11.4 Å². The highest BCUT2D eigenvalue weighted by atomic mass is 28.3. The summed E-state index contributed by atoms with van der Waals surface area (Å²) < 4.78 is 10.7. The number of allylic oxidation sites excluding steroid dienone is 4. The molecule has 4 nitrogen and oxygen atoms in total. The summed E-state index contributed by atoms with van der Waals surface area (Å²) in [6.45, 7) is 11.4. The molecular formula is C10H20N2O2Si. The van der Waals surface area contributed by atoms with Crippen LogP contribution in [0.2, 0.25) is 0 Å². The van der Waals surface area contributed by atoms with Crippen LogP contribution in [-0.2, 0) is 9.05 Å². The van der Waals surface area contributed by atoms with Gasteiger partial charge in [0.05, 0.1) is 0 Å². The van der Waals surface area contributed by atoms with Gasteiger partial charge in [0.2, 0.25) is 0 Å². The largest absolute Gasteiger partial charge is 0.399 e. The molecule has 5 heteroatoms. The Kier molecular flexibility index (Phi) is 7.70. The Morgan fingerprint density at radius 3 is 1.73 bits per heavy atom. The second kappa shape index (κ2) is 8.28. The van der Waals surface area contributed by atoms with Gasteiger partial charge in [-0.3, -0.25) is 20.0 Å². The SMILES string of the molecule is C=C[SiH](ONC(C)=CC)ONC(C)=CC. The summed E-state index contributed by atoms with van der Waals surface area (Å²) in [5.74, 6) is 0. The first-order valence-corrected chi connectivity index (χ1v) is 6.46. The van der Waals surface area contributed by atoms with Gasteiger partial charge in [0.1, 0.15) is 0 Å². The third kappa shape index (κ3) is 6.95. The highest BCUT2D eigenvalue weighted by molar-refractivity contribution is 6.50. The fourth-order valence-electron chi connectivity index (χ4n) is 0.540. The van der Waals surface area contributed by atoms with Crippen LogP contribution < -0.4 is 11.0 Å². The second-order valence-electron chi connectivity index (χ2n) is 2.99. The van der Waals surface area contributed by atoms with Gasteiger partial charge < -0.3 is 0 Å². The summed E-state index contributed by atoms with van der Waals surface area (Å²) in [6.07, 6.45) is 3.83. The normalized spacial score (nSPS) is 14.7. The van der Waals surface area contributed by atoms with E-state index in [-0.39, 0.29) is 0 Å². The van der Waals surface area contributed by atoms with Gasteiger partial charge in [0.15, 0.2) is 0 Å². The molecule has 0 spiro atoms. The van der Waals surface area contributed by atoms with Gasteiger partial charge in [0.25, 0.3) is 0 Å². The van der Waals surface area contributed by atoms with Gasteiger partial charge in [-0.1, -0.05) is 12.2 Å². The van der Waals surface area contributed by atoms with Crippen LogP contribution in [0.25, 0.3) is 0 Å². The van der Waals surface area contributed by atoms with Crippen molar-refractivity contribution in [3.8, 4) is 0 Å². The maximum atomic E-state index is 5.33. The van der Waals surface area contributed by atoms with Crippen LogP contribution in [0, 0.1) is 0 Å². The summed E-state index contributed by atoms with van der Waals surface area (Å²) in [5.41, 5.74) is 9.16. The molecule has 0 bridgehead atoms. The van der Waals surface area contributed by atoms with Crippen molar-refractivity contribution in [1.82, 2.24) is 11.0 Å². The average molecular weight is 228 g/mol. The van der Waals surface area contributed by atoms with Gasteiger partial charge in [-0.05, 0) is 33.4 Å². The molecule has 0 heterocycles. The van der Waals surface area contributed by atoms with Crippen molar-refractivity contribution in [2.45, 2.75) is 27.7 Å². The van der Waals surface area contributed by atoms with Crippen molar-refractivity contribution >= 4 is 9.28 Å². The standard InChI is InChI=1S/C10H20N2O2Si/c1-6-9(4)11-13-15(8-3)14-12-10(5)7-2/h6-8,11-12,15H,3H2,1-2,4-5H3. The Morgan fingerprint density at radius 1 is 1.07 bits per heavy atom. The van der Waals surface area contributed by atoms with E-state index >= 15 is 0 Å². The van der Waals surface area contributed by atoms with E-state index in [2.05, 4.69) is 17.5 Å². The fraction of sp³-hybridized carbons (Fsp3) is 0.400. The van der Waals surface area contributed by atoms with Crippen molar-refractivity contribution in [2.75, 3.05) is 0 Å². The van der Waals surface area contributed by atoms with E-state index < -0.39 is 9.28 Å². The summed E-state index contributed by atoms with van der Waals surface area (Å²) >= 11 is 0. The molecule has 0 rings (SSSR count). The fourth-order valence-corrected chi connectivity index (χ4v) is 1.38. The monoisotopic (exact) mass is 228 g/mol. The number of nitrogens with one attached hydrogen (secondary N) is 2. The zero-order valence-electron chi connectivity index (χ0n) is 9.83. The molecule has 15 heavy (non-hydrogen) atoms. The van der Waals surface area contributed by atoms with Gasteiger partial charge in [-0.15, -0.1) is 6.58 Å². The van der Waals surface area contributed by atoms with E-state index in [1.807, 2.05) is 39.8 Å². The quantitative estimate of drug-likeness (QED) is 0.515. The molecule has 0 saturated carbocycles. The lowest BCUT2D eigenvalue weighted by Crippen LogP contribution is -2.33. The Bertz CT molecular complexity index is 230. The minimum absolute atomic E-state index is 0.945. The molecule has 0 aromatic rings. The zero-order valence-corrected chi connectivity index (χ0v) is 11.0. The zero-order chi connectivity index (χ0) is 11.7. The lowest BCUT2D eigenvalue weighted by Gasteiger charge is -2.15. The lowest BCUT2D eigenvalue weighted by atomic mass is 10.5. The van der Waals surface area contributed by atoms with Crippen molar-refractivity contribution in [3.63, 3.8) is 0 Å². The molecule has 0 radical (unpaired) electrons. The molecule has 86 valence electrons. The molecule has 0 aliphatic heterocycles. The minimum Gasteiger partial charge on any atom is -0.285 e. The number of hydrogen-bond donors (Lipinski definition) is 2. The number of hydroxylamine groups is 2. The van der Waals surface area contributed by atoms with Crippen molar-refractivity contribution in [3.05, 3.63) is 35.8 Å². The molecule has 0 amide bonds. The van der Waals surface area contributed by atoms with Crippen molar-refractivity contribution < 1.29 is 9.05 Å². The van der Waals surface area contributed by atoms with Crippen molar-refractivity contribution in [1.29, 1.82) is 0 Å². The first kappa shape index (κ1) is 14.0. The van der Waals surface area contributed by atoms with Crippen LogP contribution in [0.4, 0.5) is 0 Å². The molecule has 0 atom stereocenters. The van der Waals surface area contributed by atoms with E-state index in [0.29, 0.717) is 0 Å². The van der Waals surface area contributed by atoms with Gasteiger partial charge in [-0.25, -0.2) is 0 Å². The molecule has 0 saturated heterocycles. The van der Waals surface area contributed by atoms with E-state index in [4.69, 9.17) is 9.05 Å². The molecule has 0 unspecified atom stereocenters. The van der Waals surface area contributed by atoms with E-state index in [9.17, 15) is 0 Å².